The van der Waals surface area contributed by atoms with Gasteiger partial charge in [-0.2, -0.15) is 0 Å². The molecule has 76 valence electrons. The summed E-state index contributed by atoms with van der Waals surface area (Å²) in [6.07, 6.45) is 0. The number of carbonyl (C=O) groups is 1. The van der Waals surface area contributed by atoms with E-state index in [1.807, 2.05) is 0 Å². The van der Waals surface area contributed by atoms with Gasteiger partial charge in [-0.05, 0) is 30.7 Å². The summed E-state index contributed by atoms with van der Waals surface area (Å²) in [5.41, 5.74) is 0. The summed E-state index contributed by atoms with van der Waals surface area (Å²) in [4.78, 5) is 10.9. The molecule has 3 nitrogen and oxygen atoms in total. The highest BCUT2D eigenvalue weighted by Crippen LogP contribution is 2.16. The van der Waals surface area contributed by atoms with Crippen LogP contribution >= 0.6 is 11.6 Å². The van der Waals surface area contributed by atoms with Gasteiger partial charge in [-0.15, -0.1) is 0 Å². The van der Waals surface area contributed by atoms with Gasteiger partial charge in [-0.25, -0.2) is 8.42 Å². The van der Waals surface area contributed by atoms with Crippen LogP contribution in [0.15, 0.2) is 35.2 Å². The third kappa shape index (κ3) is 2.13. The Morgan fingerprint density at radius 2 is 1.79 bits per heavy atom. The molecule has 0 N–H and O–H groups in total. The van der Waals surface area contributed by atoms with Crippen LogP contribution in [0.5, 0.6) is 0 Å². The van der Waals surface area contributed by atoms with Crippen LogP contribution < -0.4 is 0 Å². The molecule has 0 amide bonds. The quantitative estimate of drug-likeness (QED) is 0.744. The predicted octanol–water partition coefficient (Wildman–Crippen LogP) is 1.61. The Morgan fingerprint density at radius 1 is 1.29 bits per heavy atom. The van der Waals surface area contributed by atoms with Gasteiger partial charge in [0.25, 0.3) is 0 Å². The molecule has 1 aromatic carbocycles. The first-order chi connectivity index (χ1) is 6.46. The molecule has 0 saturated carbocycles. The molecule has 0 aliphatic rings. The number of carbonyl (C=O) groups excluding carboxylic acids is 1. The lowest BCUT2D eigenvalue weighted by molar-refractivity contribution is -0.111. The van der Waals surface area contributed by atoms with Gasteiger partial charge in [-0.3, -0.25) is 4.79 Å². The summed E-state index contributed by atoms with van der Waals surface area (Å²) in [6.45, 7) is 1.28. The van der Waals surface area contributed by atoms with E-state index in [2.05, 4.69) is 0 Å². The fraction of sp³-hybridized carbons (Fsp3) is 0.222. The normalized spacial score (nSPS) is 13.6. The van der Waals surface area contributed by atoms with Gasteiger partial charge < -0.3 is 0 Å². The van der Waals surface area contributed by atoms with Crippen molar-refractivity contribution in [3.8, 4) is 0 Å². The minimum atomic E-state index is -3.62. The Balaban J connectivity index is 3.16. The molecule has 1 unspecified atom stereocenters. The van der Waals surface area contributed by atoms with Crippen LogP contribution in [0.3, 0.4) is 0 Å². The molecule has 0 fully saturated rings. The molecule has 0 saturated heterocycles. The van der Waals surface area contributed by atoms with E-state index in [0.717, 1.165) is 0 Å². The van der Waals surface area contributed by atoms with Gasteiger partial charge in [0.1, 0.15) is 5.25 Å². The van der Waals surface area contributed by atoms with E-state index in [0.29, 0.717) is 0 Å². The molecule has 14 heavy (non-hydrogen) atoms. The Morgan fingerprint density at radius 3 is 2.21 bits per heavy atom. The van der Waals surface area contributed by atoms with Gasteiger partial charge in [0.05, 0.1) is 4.90 Å². The van der Waals surface area contributed by atoms with E-state index in [1.165, 1.54) is 19.1 Å². The second-order valence-electron chi connectivity index (χ2n) is 2.80. The van der Waals surface area contributed by atoms with Crippen LogP contribution in [0.2, 0.25) is 0 Å². The first kappa shape index (κ1) is 11.2. The minimum absolute atomic E-state index is 0.113. The topological polar surface area (TPSA) is 51.2 Å². The van der Waals surface area contributed by atoms with Crippen LogP contribution in [0, 0.1) is 0 Å². The van der Waals surface area contributed by atoms with E-state index in [-0.39, 0.29) is 4.90 Å². The summed E-state index contributed by atoms with van der Waals surface area (Å²) >= 11 is 5.14. The maximum Gasteiger partial charge on any atom is 0.239 e. The molecule has 0 heterocycles. The first-order valence-electron chi connectivity index (χ1n) is 3.94. The van der Waals surface area contributed by atoms with Crippen LogP contribution in [0.25, 0.3) is 0 Å². The van der Waals surface area contributed by atoms with Crippen molar-refractivity contribution >= 4 is 26.7 Å². The Bertz CT molecular complexity index is 425. The lowest BCUT2D eigenvalue weighted by atomic mass is 10.4. The van der Waals surface area contributed by atoms with Crippen molar-refractivity contribution in [2.45, 2.75) is 17.1 Å². The van der Waals surface area contributed by atoms with Crippen LogP contribution in [0.1, 0.15) is 6.92 Å². The van der Waals surface area contributed by atoms with Gasteiger partial charge in [0.2, 0.25) is 5.24 Å². The Labute approximate surface area is 87.6 Å². The fourth-order valence-corrected chi connectivity index (χ4v) is 2.48. The summed E-state index contributed by atoms with van der Waals surface area (Å²) in [5, 5.41) is -2.07. The highest BCUT2D eigenvalue weighted by molar-refractivity contribution is 7.93. The maximum atomic E-state index is 11.7. The zero-order chi connectivity index (χ0) is 10.8. The van der Waals surface area contributed by atoms with Gasteiger partial charge >= 0.3 is 0 Å². The molecule has 0 spiro atoms. The molecule has 0 aliphatic heterocycles. The summed E-state index contributed by atoms with van der Waals surface area (Å²) < 4.78 is 23.3. The van der Waals surface area contributed by atoms with Crippen LogP contribution in [0.4, 0.5) is 0 Å². The second kappa shape index (κ2) is 4.11. The number of hydrogen-bond donors (Lipinski definition) is 0. The van der Waals surface area contributed by atoms with Crippen molar-refractivity contribution in [2.24, 2.45) is 0 Å². The molecule has 0 aliphatic carbocycles. The maximum absolute atomic E-state index is 11.7. The Hall–Kier alpha value is -0.870. The number of rotatable bonds is 3. The van der Waals surface area contributed by atoms with E-state index < -0.39 is 20.3 Å². The number of halogens is 1. The van der Waals surface area contributed by atoms with E-state index in [9.17, 15) is 13.2 Å². The summed E-state index contributed by atoms with van der Waals surface area (Å²) in [5.74, 6) is 0. The third-order valence-corrected chi connectivity index (χ3v) is 4.39. The lowest BCUT2D eigenvalue weighted by Crippen LogP contribution is -2.23. The molecule has 0 bridgehead atoms. The minimum Gasteiger partial charge on any atom is -0.280 e. The monoisotopic (exact) mass is 232 g/mol. The molecule has 0 radical (unpaired) electrons. The van der Waals surface area contributed by atoms with Crippen LogP contribution in [-0.4, -0.2) is 18.9 Å². The van der Waals surface area contributed by atoms with Gasteiger partial charge in [0, 0.05) is 0 Å². The molecular formula is C9H9ClO3S. The second-order valence-corrected chi connectivity index (χ2v) is 5.45. The number of hydrogen-bond acceptors (Lipinski definition) is 3. The largest absolute Gasteiger partial charge is 0.280 e. The van der Waals surface area contributed by atoms with Crippen molar-refractivity contribution in [3.63, 3.8) is 0 Å². The van der Waals surface area contributed by atoms with E-state index >= 15 is 0 Å². The summed E-state index contributed by atoms with van der Waals surface area (Å²) in [6, 6.07) is 7.76. The predicted molar refractivity (Wildman–Crippen MR) is 53.9 cm³/mol. The SMILES string of the molecule is CC(C(=O)Cl)S(=O)(=O)c1ccccc1. The van der Waals surface area contributed by atoms with Crippen LogP contribution in [-0.2, 0) is 14.6 Å². The average Bonchev–Trinajstić information content (AvgIpc) is 2.18. The number of benzene rings is 1. The molecular weight excluding hydrogens is 224 g/mol. The zero-order valence-electron chi connectivity index (χ0n) is 7.48. The fourth-order valence-electron chi connectivity index (χ4n) is 0.936. The van der Waals surface area contributed by atoms with Gasteiger partial charge in [0.15, 0.2) is 9.84 Å². The standard InChI is InChI=1S/C9H9ClO3S/c1-7(9(10)11)14(12,13)8-5-3-2-4-6-8/h2-7H,1H3. The molecule has 0 aromatic heterocycles. The smallest absolute Gasteiger partial charge is 0.239 e. The molecule has 1 aromatic rings. The average molecular weight is 233 g/mol. The number of sulfone groups is 1. The van der Waals surface area contributed by atoms with Crippen molar-refractivity contribution in [1.29, 1.82) is 0 Å². The molecule has 1 atom stereocenters. The van der Waals surface area contributed by atoms with E-state index in [4.69, 9.17) is 11.6 Å². The van der Waals surface area contributed by atoms with Crippen molar-refractivity contribution in [2.75, 3.05) is 0 Å². The van der Waals surface area contributed by atoms with Gasteiger partial charge in [-0.1, -0.05) is 18.2 Å². The lowest BCUT2D eigenvalue weighted by Gasteiger charge is -2.07. The third-order valence-electron chi connectivity index (χ3n) is 1.86. The van der Waals surface area contributed by atoms with Crippen molar-refractivity contribution in [3.05, 3.63) is 30.3 Å². The summed E-state index contributed by atoms with van der Waals surface area (Å²) in [7, 11) is -3.62. The highest BCUT2D eigenvalue weighted by Gasteiger charge is 2.27. The molecule has 5 heteroatoms. The highest BCUT2D eigenvalue weighted by atomic mass is 35.5. The van der Waals surface area contributed by atoms with Crippen molar-refractivity contribution in [1.82, 2.24) is 0 Å². The zero-order valence-corrected chi connectivity index (χ0v) is 9.05. The Kier molecular flexibility index (Phi) is 3.29. The van der Waals surface area contributed by atoms with E-state index in [1.54, 1.807) is 18.2 Å². The first-order valence-corrected chi connectivity index (χ1v) is 5.87. The van der Waals surface area contributed by atoms with Crippen molar-refractivity contribution < 1.29 is 13.2 Å². The molecule has 1 rings (SSSR count).